The van der Waals surface area contributed by atoms with Gasteiger partial charge in [-0.1, -0.05) is 62.7 Å². The van der Waals surface area contributed by atoms with Crippen molar-refractivity contribution in [1.82, 2.24) is 5.32 Å². The number of ether oxygens (including phenoxy) is 1. The van der Waals surface area contributed by atoms with E-state index in [0.717, 1.165) is 17.7 Å². The van der Waals surface area contributed by atoms with Crippen LogP contribution in [0.2, 0.25) is 0 Å². The first kappa shape index (κ1) is 28.9. The van der Waals surface area contributed by atoms with Crippen molar-refractivity contribution in [3.8, 4) is 0 Å². The summed E-state index contributed by atoms with van der Waals surface area (Å²) in [6.45, 7) is 9.17. The van der Waals surface area contributed by atoms with E-state index in [0.29, 0.717) is 24.0 Å². The number of hydrogen-bond acceptors (Lipinski definition) is 4. The summed E-state index contributed by atoms with van der Waals surface area (Å²) >= 11 is 0. The number of benzene rings is 2. The van der Waals surface area contributed by atoms with Crippen molar-refractivity contribution < 1.29 is 27.5 Å². The number of aryl methyl sites for hydroxylation is 1. The topological polar surface area (TPSA) is 81.4 Å². The van der Waals surface area contributed by atoms with Crippen molar-refractivity contribution in [2.24, 2.45) is 16.6 Å². The van der Waals surface area contributed by atoms with E-state index >= 15 is 0 Å². The summed E-state index contributed by atoms with van der Waals surface area (Å²) in [6.07, 6.45) is -4.16. The highest BCUT2D eigenvalue weighted by atomic mass is 19.4. The van der Waals surface area contributed by atoms with E-state index in [1.54, 1.807) is 19.9 Å². The summed E-state index contributed by atoms with van der Waals surface area (Å²) in [5.74, 6) is -0.557. The van der Waals surface area contributed by atoms with Crippen molar-refractivity contribution in [2.45, 2.75) is 71.7 Å². The van der Waals surface area contributed by atoms with Gasteiger partial charge in [0.05, 0.1) is 29.2 Å². The van der Waals surface area contributed by atoms with Gasteiger partial charge in [0.2, 0.25) is 5.91 Å². The van der Waals surface area contributed by atoms with Gasteiger partial charge >= 0.3 is 6.18 Å². The molecule has 37 heavy (non-hydrogen) atoms. The second kappa shape index (κ2) is 10.6. The summed E-state index contributed by atoms with van der Waals surface area (Å²) in [5.41, 5.74) is 4.68. The third-order valence-corrected chi connectivity index (χ3v) is 7.46. The predicted octanol–water partition coefficient (Wildman–Crippen LogP) is 5.85. The lowest BCUT2D eigenvalue weighted by Gasteiger charge is -2.47. The van der Waals surface area contributed by atoms with Crippen LogP contribution in [-0.2, 0) is 26.0 Å². The molecule has 5 nitrogen and oxygen atoms in total. The van der Waals surface area contributed by atoms with Crippen molar-refractivity contribution in [3.05, 3.63) is 70.8 Å². The third kappa shape index (κ3) is 6.60. The van der Waals surface area contributed by atoms with Crippen molar-refractivity contribution in [2.75, 3.05) is 13.2 Å². The average molecular weight is 519 g/mol. The standard InChI is InChI=1S/C29H37F3N2O3/c1-19-13-21(15-23(14-19)29(30,31)32)20(2)37-18-28(22-9-7-6-8-10-22)12-11-27(17-34-28,25(33)36)16-24(35)26(3,4)5/h6-10,13-15,20,34H,11-12,16-18H2,1-5H3,(H2,33,36)/t20-,27+,28-/m1/s1. The van der Waals surface area contributed by atoms with Crippen LogP contribution in [0.15, 0.2) is 48.5 Å². The Kier molecular flexibility index (Phi) is 8.25. The van der Waals surface area contributed by atoms with Gasteiger partial charge in [-0.2, -0.15) is 13.2 Å². The van der Waals surface area contributed by atoms with E-state index < -0.39 is 40.1 Å². The minimum Gasteiger partial charge on any atom is -0.372 e. The largest absolute Gasteiger partial charge is 0.416 e. The number of carbonyl (C=O) groups excluding carboxylic acids is 2. The van der Waals surface area contributed by atoms with Crippen LogP contribution in [0.4, 0.5) is 13.2 Å². The maximum absolute atomic E-state index is 13.4. The molecule has 1 amide bonds. The van der Waals surface area contributed by atoms with Gasteiger partial charge < -0.3 is 15.8 Å². The molecule has 1 saturated heterocycles. The third-order valence-electron chi connectivity index (χ3n) is 7.46. The first-order valence-electron chi connectivity index (χ1n) is 12.5. The number of rotatable bonds is 8. The smallest absolute Gasteiger partial charge is 0.372 e. The molecule has 0 unspecified atom stereocenters. The number of ketones is 1. The Morgan fingerprint density at radius 2 is 1.73 bits per heavy atom. The van der Waals surface area contributed by atoms with Crippen LogP contribution in [0.5, 0.6) is 0 Å². The van der Waals surface area contributed by atoms with Crippen LogP contribution in [0.1, 0.15) is 75.3 Å². The van der Waals surface area contributed by atoms with Crippen LogP contribution >= 0.6 is 0 Å². The summed E-state index contributed by atoms with van der Waals surface area (Å²) in [5, 5.41) is 3.47. The Morgan fingerprint density at radius 1 is 1.08 bits per heavy atom. The average Bonchev–Trinajstić information content (AvgIpc) is 2.82. The fraction of sp³-hybridized carbons (Fsp3) is 0.517. The lowest BCUT2D eigenvalue weighted by atomic mass is 9.67. The lowest BCUT2D eigenvalue weighted by Crippen LogP contribution is -2.59. The maximum Gasteiger partial charge on any atom is 0.416 e. The molecule has 3 rings (SSSR count). The fourth-order valence-corrected chi connectivity index (χ4v) is 4.77. The highest BCUT2D eigenvalue weighted by molar-refractivity contribution is 5.91. The van der Waals surface area contributed by atoms with E-state index in [9.17, 15) is 22.8 Å². The molecule has 1 aliphatic heterocycles. The number of nitrogens with two attached hydrogens (primary N) is 1. The highest BCUT2D eigenvalue weighted by Gasteiger charge is 2.49. The van der Waals surface area contributed by atoms with E-state index in [1.807, 2.05) is 51.1 Å². The molecule has 0 radical (unpaired) electrons. The van der Waals surface area contributed by atoms with Gasteiger partial charge in [-0.15, -0.1) is 0 Å². The van der Waals surface area contributed by atoms with Gasteiger partial charge in [0.15, 0.2) is 0 Å². The summed E-state index contributed by atoms with van der Waals surface area (Å²) < 4.78 is 46.3. The molecule has 0 bridgehead atoms. The number of piperidine rings is 1. The first-order valence-corrected chi connectivity index (χ1v) is 12.5. The van der Waals surface area contributed by atoms with Crippen LogP contribution < -0.4 is 11.1 Å². The molecule has 0 spiro atoms. The van der Waals surface area contributed by atoms with Crippen LogP contribution in [0.25, 0.3) is 0 Å². The molecule has 8 heteroatoms. The molecule has 2 aromatic carbocycles. The van der Waals surface area contributed by atoms with Crippen LogP contribution in [0, 0.1) is 17.8 Å². The number of hydrogen-bond donors (Lipinski definition) is 2. The molecule has 3 N–H and O–H groups in total. The summed E-state index contributed by atoms with van der Waals surface area (Å²) in [4.78, 5) is 25.4. The second-order valence-electron chi connectivity index (χ2n) is 11.4. The quantitative estimate of drug-likeness (QED) is 0.460. The van der Waals surface area contributed by atoms with E-state index in [1.165, 1.54) is 0 Å². The van der Waals surface area contributed by atoms with Gasteiger partial charge in [-0.3, -0.25) is 9.59 Å². The normalized spacial score (nSPS) is 23.5. The molecular weight excluding hydrogens is 481 g/mol. The van der Waals surface area contributed by atoms with Gasteiger partial charge in [0.25, 0.3) is 0 Å². The Hall–Kier alpha value is -2.71. The van der Waals surface area contributed by atoms with Crippen LogP contribution in [-0.4, -0.2) is 24.8 Å². The fourth-order valence-electron chi connectivity index (χ4n) is 4.77. The van der Waals surface area contributed by atoms with E-state index in [4.69, 9.17) is 10.5 Å². The molecule has 2 aromatic rings. The van der Waals surface area contributed by atoms with Crippen molar-refractivity contribution >= 4 is 11.7 Å². The molecule has 0 aliphatic carbocycles. The maximum atomic E-state index is 13.4. The Bertz CT molecular complexity index is 1120. The molecular formula is C29H37F3N2O3. The molecule has 0 saturated carbocycles. The number of primary amides is 1. The Balaban J connectivity index is 1.86. The van der Waals surface area contributed by atoms with Gasteiger partial charge in [-0.25, -0.2) is 0 Å². The minimum atomic E-state index is -4.45. The number of Topliss-reactive ketones (excluding diaryl/α,β-unsaturated/α-hetero) is 1. The number of halogens is 3. The molecule has 1 aliphatic rings. The van der Waals surface area contributed by atoms with Crippen molar-refractivity contribution in [1.29, 1.82) is 0 Å². The van der Waals surface area contributed by atoms with Gasteiger partial charge in [-0.05, 0) is 49.9 Å². The zero-order valence-corrected chi connectivity index (χ0v) is 22.2. The second-order valence-corrected chi connectivity index (χ2v) is 11.4. The highest BCUT2D eigenvalue weighted by Crippen LogP contribution is 2.42. The van der Waals surface area contributed by atoms with Gasteiger partial charge in [0, 0.05) is 18.4 Å². The molecule has 202 valence electrons. The number of alkyl halides is 3. The Labute approximate surface area is 217 Å². The zero-order chi connectivity index (χ0) is 27.6. The van der Waals surface area contributed by atoms with E-state index in [-0.39, 0.29) is 25.4 Å². The number of carbonyl (C=O) groups is 2. The minimum absolute atomic E-state index is 0.0369. The molecule has 3 atom stereocenters. The first-order chi connectivity index (χ1) is 17.1. The number of amides is 1. The monoisotopic (exact) mass is 518 g/mol. The van der Waals surface area contributed by atoms with Crippen molar-refractivity contribution in [3.63, 3.8) is 0 Å². The SMILES string of the molecule is Cc1cc([C@@H](C)OC[C@@]2(c3ccccc3)CC[C@@](CC(=O)C(C)(C)C)(C(N)=O)CN2)cc(C(F)(F)F)c1. The zero-order valence-electron chi connectivity index (χ0n) is 22.2. The Morgan fingerprint density at radius 3 is 2.24 bits per heavy atom. The number of nitrogens with one attached hydrogen (secondary N) is 1. The molecule has 0 aromatic heterocycles. The predicted molar refractivity (Wildman–Crippen MR) is 137 cm³/mol. The molecule has 1 fully saturated rings. The lowest BCUT2D eigenvalue weighted by molar-refractivity contribution is -0.139. The summed E-state index contributed by atoms with van der Waals surface area (Å²) in [6, 6.07) is 13.5. The van der Waals surface area contributed by atoms with Gasteiger partial charge in [0.1, 0.15) is 5.78 Å². The summed E-state index contributed by atoms with van der Waals surface area (Å²) in [7, 11) is 0. The van der Waals surface area contributed by atoms with E-state index in [2.05, 4.69) is 5.32 Å². The molecule has 1 heterocycles. The van der Waals surface area contributed by atoms with Crippen LogP contribution in [0.3, 0.4) is 0 Å².